The third-order valence-corrected chi connectivity index (χ3v) is 4.20. The van der Waals surface area contributed by atoms with Crippen LogP contribution in [-0.2, 0) is 9.59 Å². The minimum atomic E-state index is -4.71. The van der Waals surface area contributed by atoms with Crippen LogP contribution in [-0.4, -0.2) is 53.7 Å². The predicted octanol–water partition coefficient (Wildman–Crippen LogP) is 1.35. The van der Waals surface area contributed by atoms with E-state index in [0.29, 0.717) is 5.75 Å². The minimum absolute atomic E-state index is 0.0384. The third kappa shape index (κ3) is 3.24. The molecule has 2 aliphatic heterocycles. The van der Waals surface area contributed by atoms with Crippen molar-refractivity contribution in [2.45, 2.75) is 6.18 Å². The van der Waals surface area contributed by atoms with Gasteiger partial charge in [-0.2, -0.15) is 13.2 Å². The van der Waals surface area contributed by atoms with Crippen LogP contribution in [0.25, 0.3) is 0 Å². The number of rotatable bonds is 2. The number of amides is 2. The van der Waals surface area contributed by atoms with Crippen molar-refractivity contribution in [2.24, 2.45) is 11.8 Å². The van der Waals surface area contributed by atoms with Gasteiger partial charge in [-0.3, -0.25) is 14.4 Å². The number of hydrogen-bond acceptors (Lipinski definition) is 4. The van der Waals surface area contributed by atoms with E-state index in [2.05, 4.69) is 5.32 Å². The monoisotopic (exact) mass is 358 g/mol. The number of nitrogens with zero attached hydrogens (tertiary/aromatic N) is 1. The number of carbonyl (C=O) groups excluding carboxylic acids is 2. The Morgan fingerprint density at radius 3 is 2.60 bits per heavy atom. The fraction of sp³-hybridized carbons (Fsp3) is 0.400. The number of carbonyl (C=O) groups is 3. The van der Waals surface area contributed by atoms with E-state index in [1.807, 2.05) is 0 Å². The highest BCUT2D eigenvalue weighted by Gasteiger charge is 2.53. The van der Waals surface area contributed by atoms with E-state index in [1.165, 1.54) is 18.2 Å². The van der Waals surface area contributed by atoms with Crippen molar-refractivity contribution in [3.63, 3.8) is 0 Å². The number of halogens is 3. The lowest BCUT2D eigenvalue weighted by Crippen LogP contribution is -2.34. The lowest BCUT2D eigenvalue weighted by atomic mass is 9.96. The number of carboxylic acids is 1. The summed E-state index contributed by atoms with van der Waals surface area (Å²) in [6, 6.07) is 4.08. The molecular weight excluding hydrogens is 345 g/mol. The highest BCUT2D eigenvalue weighted by Crippen LogP contribution is 2.38. The quantitative estimate of drug-likeness (QED) is 0.832. The summed E-state index contributed by atoms with van der Waals surface area (Å²) in [7, 11) is 0. The molecule has 0 aromatic heterocycles. The topological polar surface area (TPSA) is 95.9 Å². The van der Waals surface area contributed by atoms with Gasteiger partial charge in [0.25, 0.3) is 11.8 Å². The summed E-state index contributed by atoms with van der Waals surface area (Å²) >= 11 is 0. The van der Waals surface area contributed by atoms with Gasteiger partial charge in [-0.1, -0.05) is 0 Å². The van der Waals surface area contributed by atoms with E-state index in [9.17, 15) is 27.6 Å². The first-order valence-corrected chi connectivity index (χ1v) is 7.32. The van der Waals surface area contributed by atoms with Crippen molar-refractivity contribution < 1.29 is 37.4 Å². The number of likely N-dealkylation sites (tertiary alicyclic amines) is 1. The zero-order valence-corrected chi connectivity index (χ0v) is 12.7. The molecule has 1 saturated heterocycles. The smallest absolute Gasteiger partial charge is 0.394 e. The molecule has 134 valence electrons. The van der Waals surface area contributed by atoms with E-state index in [-0.39, 0.29) is 17.9 Å². The molecule has 2 aliphatic rings. The SMILES string of the molecule is O=C1COc2ccc(C(=O)N3C[C@@H](C(F)(F)F)[C@H](C(=O)O)C3)cc2N1. The van der Waals surface area contributed by atoms with Crippen LogP contribution in [0.4, 0.5) is 18.9 Å². The molecule has 2 N–H and O–H groups in total. The molecule has 0 bridgehead atoms. The summed E-state index contributed by atoms with van der Waals surface area (Å²) in [6.07, 6.45) is -4.71. The second kappa shape index (κ2) is 5.94. The van der Waals surface area contributed by atoms with E-state index in [4.69, 9.17) is 9.84 Å². The molecule has 3 rings (SSSR count). The lowest BCUT2D eigenvalue weighted by molar-refractivity contribution is -0.187. The summed E-state index contributed by atoms with van der Waals surface area (Å²) in [5, 5.41) is 11.5. The van der Waals surface area contributed by atoms with E-state index < -0.39 is 48.9 Å². The average molecular weight is 358 g/mol. The van der Waals surface area contributed by atoms with Crippen LogP contribution in [0, 0.1) is 11.8 Å². The van der Waals surface area contributed by atoms with Gasteiger partial charge in [-0.25, -0.2) is 0 Å². The molecular formula is C15H13F3N2O5. The maximum Gasteiger partial charge on any atom is 0.394 e. The molecule has 0 unspecified atom stereocenters. The van der Waals surface area contributed by atoms with Crippen LogP contribution in [0.5, 0.6) is 5.75 Å². The van der Waals surface area contributed by atoms with Gasteiger partial charge in [0.1, 0.15) is 5.75 Å². The highest BCUT2D eigenvalue weighted by atomic mass is 19.4. The molecule has 0 aliphatic carbocycles. The standard InChI is InChI=1S/C15H13F3N2O5/c16-15(17,18)9-5-20(4-8(9)14(23)24)13(22)7-1-2-11-10(3-7)19-12(21)6-25-11/h1-3,8-9H,4-6H2,(H,19,21)(H,23,24)/t8-,9-/m1/s1. The zero-order chi connectivity index (χ0) is 18.4. The molecule has 10 heteroatoms. The first-order valence-electron chi connectivity index (χ1n) is 7.32. The van der Waals surface area contributed by atoms with Crippen molar-refractivity contribution >= 4 is 23.5 Å². The zero-order valence-electron chi connectivity index (χ0n) is 12.7. The largest absolute Gasteiger partial charge is 0.482 e. The maximum atomic E-state index is 13.0. The van der Waals surface area contributed by atoms with Crippen LogP contribution >= 0.6 is 0 Å². The van der Waals surface area contributed by atoms with Gasteiger partial charge in [-0.15, -0.1) is 0 Å². The Hall–Kier alpha value is -2.78. The number of aliphatic carboxylic acids is 1. The molecule has 2 amide bonds. The summed E-state index contributed by atoms with van der Waals surface area (Å²) in [6.45, 7) is -1.42. The first kappa shape index (κ1) is 17.1. The molecule has 1 aromatic rings. The van der Waals surface area contributed by atoms with Gasteiger partial charge in [0, 0.05) is 18.7 Å². The number of hydrogen-bond donors (Lipinski definition) is 2. The van der Waals surface area contributed by atoms with Crippen molar-refractivity contribution in [1.29, 1.82) is 0 Å². The summed E-state index contributed by atoms with van der Waals surface area (Å²) in [5.74, 6) is -6.22. The number of alkyl halides is 3. The number of carboxylic acid groups (broad SMARTS) is 1. The van der Waals surface area contributed by atoms with E-state index in [0.717, 1.165) is 4.90 Å². The van der Waals surface area contributed by atoms with E-state index in [1.54, 1.807) is 0 Å². The number of anilines is 1. The fourth-order valence-electron chi connectivity index (χ4n) is 2.95. The molecule has 0 saturated carbocycles. The molecule has 7 nitrogen and oxygen atoms in total. The molecule has 1 fully saturated rings. The van der Waals surface area contributed by atoms with Crippen molar-refractivity contribution in [3.8, 4) is 5.75 Å². The first-order chi connectivity index (χ1) is 11.7. The third-order valence-electron chi connectivity index (χ3n) is 4.20. The second-order valence-corrected chi connectivity index (χ2v) is 5.85. The number of fused-ring (bicyclic) bond motifs is 1. The lowest BCUT2D eigenvalue weighted by Gasteiger charge is -2.21. The van der Waals surface area contributed by atoms with Crippen LogP contribution < -0.4 is 10.1 Å². The van der Waals surface area contributed by atoms with Crippen LogP contribution in [0.3, 0.4) is 0 Å². The second-order valence-electron chi connectivity index (χ2n) is 5.85. The molecule has 0 radical (unpaired) electrons. The highest BCUT2D eigenvalue weighted by molar-refractivity contribution is 6.00. The van der Waals surface area contributed by atoms with Crippen molar-refractivity contribution in [3.05, 3.63) is 23.8 Å². The number of nitrogens with one attached hydrogen (secondary N) is 1. The Kier molecular flexibility index (Phi) is 4.05. The average Bonchev–Trinajstić information content (AvgIpc) is 2.99. The number of ether oxygens (including phenoxy) is 1. The van der Waals surface area contributed by atoms with Gasteiger partial charge in [0.2, 0.25) is 0 Å². The summed E-state index contributed by atoms with van der Waals surface area (Å²) in [4.78, 5) is 35.7. The summed E-state index contributed by atoms with van der Waals surface area (Å²) < 4.78 is 44.2. The predicted molar refractivity (Wildman–Crippen MR) is 77.1 cm³/mol. The van der Waals surface area contributed by atoms with Gasteiger partial charge in [-0.05, 0) is 18.2 Å². The summed E-state index contributed by atoms with van der Waals surface area (Å²) in [5.41, 5.74) is 0.278. The Morgan fingerprint density at radius 1 is 1.28 bits per heavy atom. The van der Waals surface area contributed by atoms with Crippen LogP contribution in [0.15, 0.2) is 18.2 Å². The fourth-order valence-corrected chi connectivity index (χ4v) is 2.95. The molecule has 2 atom stereocenters. The normalized spacial score (nSPS) is 22.8. The van der Waals surface area contributed by atoms with Crippen molar-refractivity contribution in [2.75, 3.05) is 25.0 Å². The van der Waals surface area contributed by atoms with Crippen LogP contribution in [0.1, 0.15) is 10.4 Å². The molecule has 2 heterocycles. The number of benzene rings is 1. The Morgan fingerprint density at radius 2 is 2.00 bits per heavy atom. The van der Waals surface area contributed by atoms with Gasteiger partial charge in [0.05, 0.1) is 17.5 Å². The van der Waals surface area contributed by atoms with Gasteiger partial charge >= 0.3 is 12.1 Å². The molecule has 1 aromatic carbocycles. The maximum absolute atomic E-state index is 13.0. The van der Waals surface area contributed by atoms with Gasteiger partial charge in [0.15, 0.2) is 6.61 Å². The Labute approximate surface area is 139 Å². The molecule has 0 spiro atoms. The Bertz CT molecular complexity index is 749. The Balaban J connectivity index is 1.83. The minimum Gasteiger partial charge on any atom is -0.482 e. The van der Waals surface area contributed by atoms with Crippen LogP contribution in [0.2, 0.25) is 0 Å². The van der Waals surface area contributed by atoms with E-state index >= 15 is 0 Å². The van der Waals surface area contributed by atoms with Crippen molar-refractivity contribution in [1.82, 2.24) is 4.90 Å². The van der Waals surface area contributed by atoms with Gasteiger partial charge < -0.3 is 20.1 Å². The molecule has 25 heavy (non-hydrogen) atoms.